The van der Waals surface area contributed by atoms with E-state index in [2.05, 4.69) is 9.88 Å². The average Bonchev–Trinajstić information content (AvgIpc) is 3.49. The lowest BCUT2D eigenvalue weighted by atomic mass is 9.74. The molecule has 7 heteroatoms. The van der Waals surface area contributed by atoms with Gasteiger partial charge in [-0.2, -0.15) is 0 Å². The zero-order valence-corrected chi connectivity index (χ0v) is 20.5. The Kier molecular flexibility index (Phi) is 6.69. The largest absolute Gasteiger partial charge is 0.340 e. The van der Waals surface area contributed by atoms with Crippen molar-refractivity contribution in [2.45, 2.75) is 63.5 Å². The first-order valence-electron chi connectivity index (χ1n) is 12.8. The van der Waals surface area contributed by atoms with Gasteiger partial charge >= 0.3 is 0 Å². The number of hydrogen-bond acceptors (Lipinski definition) is 5. The van der Waals surface area contributed by atoms with E-state index in [1.807, 2.05) is 42.2 Å². The number of aromatic nitrogens is 1. The zero-order chi connectivity index (χ0) is 24.4. The van der Waals surface area contributed by atoms with E-state index >= 15 is 0 Å². The number of nitrogens with zero attached hydrogens (tertiary/aromatic N) is 4. The number of rotatable bonds is 6. The highest BCUT2D eigenvalue weighted by Crippen LogP contribution is 2.42. The van der Waals surface area contributed by atoms with Crippen LogP contribution in [0.25, 0.3) is 0 Å². The molecule has 1 saturated carbocycles. The summed E-state index contributed by atoms with van der Waals surface area (Å²) >= 11 is 0. The second-order valence-corrected chi connectivity index (χ2v) is 10.3. The molecule has 7 nitrogen and oxygen atoms in total. The molecule has 3 aliphatic rings. The van der Waals surface area contributed by atoms with Crippen LogP contribution in [0.5, 0.6) is 0 Å². The van der Waals surface area contributed by atoms with Gasteiger partial charge in [-0.15, -0.1) is 0 Å². The summed E-state index contributed by atoms with van der Waals surface area (Å²) in [5.41, 5.74) is 1.34. The van der Waals surface area contributed by atoms with Gasteiger partial charge in [0.1, 0.15) is 0 Å². The van der Waals surface area contributed by atoms with Gasteiger partial charge in [0, 0.05) is 57.5 Å². The monoisotopic (exact) mass is 474 g/mol. The fourth-order valence-corrected chi connectivity index (χ4v) is 6.16. The van der Waals surface area contributed by atoms with Crippen molar-refractivity contribution in [1.82, 2.24) is 19.7 Å². The lowest BCUT2D eigenvalue weighted by Crippen LogP contribution is -2.53. The van der Waals surface area contributed by atoms with E-state index in [1.165, 1.54) is 30.6 Å². The molecule has 2 saturated heterocycles. The Labute approximate surface area is 207 Å². The van der Waals surface area contributed by atoms with Gasteiger partial charge in [-0.05, 0) is 42.5 Å². The molecule has 0 radical (unpaired) electrons. The molecule has 35 heavy (non-hydrogen) atoms. The number of imide groups is 1. The van der Waals surface area contributed by atoms with Crippen molar-refractivity contribution in [3.63, 3.8) is 0 Å². The maximum Gasteiger partial charge on any atom is 0.241 e. The fraction of sp³-hybridized carbons (Fsp3) is 0.500. The van der Waals surface area contributed by atoms with Crippen molar-refractivity contribution in [2.75, 3.05) is 26.2 Å². The second-order valence-electron chi connectivity index (χ2n) is 10.3. The van der Waals surface area contributed by atoms with Gasteiger partial charge in [-0.3, -0.25) is 29.2 Å². The number of amides is 3. The molecule has 1 aliphatic carbocycles. The van der Waals surface area contributed by atoms with Gasteiger partial charge in [0.05, 0.1) is 12.0 Å². The van der Waals surface area contributed by atoms with E-state index in [1.54, 1.807) is 18.5 Å². The van der Waals surface area contributed by atoms with Crippen LogP contribution in [0.1, 0.15) is 55.2 Å². The van der Waals surface area contributed by atoms with E-state index in [4.69, 9.17) is 0 Å². The number of aryl methyl sites for hydroxylation is 1. The van der Waals surface area contributed by atoms with Crippen LogP contribution in [0.4, 0.5) is 0 Å². The first-order valence-corrected chi connectivity index (χ1v) is 12.8. The molecule has 1 aromatic heterocycles. The molecular weight excluding hydrogens is 440 g/mol. The van der Waals surface area contributed by atoms with Crippen molar-refractivity contribution in [3.8, 4) is 0 Å². The van der Waals surface area contributed by atoms with Crippen LogP contribution in [0.2, 0.25) is 0 Å². The summed E-state index contributed by atoms with van der Waals surface area (Å²) in [6.07, 6.45) is 8.49. The molecule has 2 aliphatic heterocycles. The highest BCUT2D eigenvalue weighted by atomic mass is 16.2. The van der Waals surface area contributed by atoms with Crippen LogP contribution in [0, 0.1) is 6.92 Å². The van der Waals surface area contributed by atoms with Gasteiger partial charge in [-0.1, -0.05) is 43.2 Å². The topological polar surface area (TPSA) is 73.8 Å². The first kappa shape index (κ1) is 23.7. The Bertz CT molecular complexity index is 1090. The number of pyridine rings is 1. The highest BCUT2D eigenvalue weighted by Gasteiger charge is 2.54. The molecule has 3 fully saturated rings. The Morgan fingerprint density at radius 2 is 1.77 bits per heavy atom. The average molecular weight is 475 g/mol. The minimum absolute atomic E-state index is 0.0186. The molecule has 0 unspecified atom stereocenters. The lowest BCUT2D eigenvalue weighted by Gasteiger charge is -2.39. The maximum absolute atomic E-state index is 13.9. The Morgan fingerprint density at radius 3 is 2.46 bits per heavy atom. The molecule has 3 amide bonds. The zero-order valence-electron chi connectivity index (χ0n) is 20.5. The third kappa shape index (κ3) is 4.61. The molecule has 1 aromatic carbocycles. The molecule has 0 spiro atoms. The molecule has 184 valence electrons. The van der Waals surface area contributed by atoms with E-state index in [0.717, 1.165) is 29.8 Å². The Balaban J connectivity index is 1.37. The number of carbonyl (C=O) groups is 3. The van der Waals surface area contributed by atoms with E-state index in [9.17, 15) is 14.4 Å². The van der Waals surface area contributed by atoms with Crippen LogP contribution in [-0.2, 0) is 26.3 Å². The quantitative estimate of drug-likeness (QED) is 0.602. The van der Waals surface area contributed by atoms with Crippen molar-refractivity contribution in [3.05, 3.63) is 65.5 Å². The van der Waals surface area contributed by atoms with E-state index < -0.39 is 5.41 Å². The Morgan fingerprint density at radius 1 is 1.03 bits per heavy atom. The normalized spacial score (nSPS) is 23.9. The third-order valence-electron chi connectivity index (χ3n) is 8.09. The van der Waals surface area contributed by atoms with Crippen LogP contribution < -0.4 is 0 Å². The SMILES string of the molecule is Cc1ccccc1[C@]1(CC(=O)N2CCN(C3CCCC3)CC2)CC(=O)N(Cc2cccnc2)C1=O. The van der Waals surface area contributed by atoms with Crippen LogP contribution in [-0.4, -0.2) is 69.6 Å². The maximum atomic E-state index is 13.9. The van der Waals surface area contributed by atoms with Gasteiger partial charge in [-0.25, -0.2) is 0 Å². The highest BCUT2D eigenvalue weighted by molar-refractivity contribution is 6.10. The van der Waals surface area contributed by atoms with Gasteiger partial charge in [0.15, 0.2) is 0 Å². The minimum Gasteiger partial charge on any atom is -0.340 e. The summed E-state index contributed by atoms with van der Waals surface area (Å²) in [6, 6.07) is 12.0. The van der Waals surface area contributed by atoms with Crippen molar-refractivity contribution in [2.24, 2.45) is 0 Å². The number of hydrogen-bond donors (Lipinski definition) is 0. The fourth-order valence-electron chi connectivity index (χ4n) is 6.16. The second kappa shape index (κ2) is 9.90. The van der Waals surface area contributed by atoms with E-state index in [-0.39, 0.29) is 37.1 Å². The van der Waals surface area contributed by atoms with E-state index in [0.29, 0.717) is 19.1 Å². The van der Waals surface area contributed by atoms with Crippen LogP contribution in [0.15, 0.2) is 48.8 Å². The summed E-state index contributed by atoms with van der Waals surface area (Å²) < 4.78 is 0. The molecule has 3 heterocycles. The summed E-state index contributed by atoms with van der Waals surface area (Å²) in [5.74, 6) is -0.553. The molecule has 0 N–H and O–H groups in total. The van der Waals surface area contributed by atoms with Crippen molar-refractivity contribution >= 4 is 17.7 Å². The predicted octanol–water partition coefficient (Wildman–Crippen LogP) is 3.06. The van der Waals surface area contributed by atoms with Crippen molar-refractivity contribution in [1.29, 1.82) is 0 Å². The first-order chi connectivity index (χ1) is 17.0. The van der Waals surface area contributed by atoms with Gasteiger partial charge in [0.25, 0.3) is 0 Å². The number of piperazine rings is 1. The van der Waals surface area contributed by atoms with Crippen LogP contribution in [0.3, 0.4) is 0 Å². The summed E-state index contributed by atoms with van der Waals surface area (Å²) in [7, 11) is 0. The number of benzene rings is 1. The number of likely N-dealkylation sites (tertiary alicyclic amines) is 1. The lowest BCUT2D eigenvalue weighted by molar-refractivity contribution is -0.143. The molecular formula is C28H34N4O3. The van der Waals surface area contributed by atoms with Gasteiger partial charge in [0.2, 0.25) is 17.7 Å². The third-order valence-corrected chi connectivity index (χ3v) is 8.09. The molecule has 1 atom stereocenters. The minimum atomic E-state index is -1.16. The summed E-state index contributed by atoms with van der Waals surface area (Å²) in [4.78, 5) is 50.6. The summed E-state index contributed by atoms with van der Waals surface area (Å²) in [6.45, 7) is 5.25. The predicted molar refractivity (Wildman–Crippen MR) is 132 cm³/mol. The molecule has 2 aromatic rings. The summed E-state index contributed by atoms with van der Waals surface area (Å²) in [5, 5.41) is 0. The Hall–Kier alpha value is -3.06. The van der Waals surface area contributed by atoms with Crippen molar-refractivity contribution < 1.29 is 14.4 Å². The smallest absolute Gasteiger partial charge is 0.241 e. The molecule has 5 rings (SSSR count). The van der Waals surface area contributed by atoms with Crippen LogP contribution >= 0.6 is 0 Å². The standard InChI is InChI=1S/C28H34N4O3/c1-21-7-2-5-11-24(21)28(18-26(34)32(27(28)35)20-22-8-6-12-29-19-22)17-25(33)31-15-13-30(14-16-31)23-9-3-4-10-23/h2,5-8,11-12,19,23H,3-4,9-10,13-18,20H2,1H3/t28-/m0/s1. The number of carbonyl (C=O) groups excluding carboxylic acids is 3. The molecule has 0 bridgehead atoms. The van der Waals surface area contributed by atoms with Gasteiger partial charge < -0.3 is 4.90 Å².